The van der Waals surface area contributed by atoms with Gasteiger partial charge >= 0.3 is 0 Å². The molecule has 0 unspecified atom stereocenters. The first-order valence-corrected chi connectivity index (χ1v) is 11.9. The van der Waals surface area contributed by atoms with E-state index < -0.39 is 0 Å². The summed E-state index contributed by atoms with van der Waals surface area (Å²) in [4.78, 5) is 28.7. The molecule has 1 fully saturated rings. The number of nitrogens with one attached hydrogen (secondary N) is 1. The van der Waals surface area contributed by atoms with Gasteiger partial charge in [-0.1, -0.05) is 11.8 Å². The Balaban J connectivity index is 1.40. The fraction of sp³-hybridized carbons (Fsp3) is 0.421. The van der Waals surface area contributed by atoms with Gasteiger partial charge in [-0.15, -0.1) is 11.8 Å². The Morgan fingerprint density at radius 3 is 2.80 bits per heavy atom. The SMILES string of the molecule is CSc1nc(N2CCOCC2)c2cnn(CCNC(=O)CSc3ccncc3)c2n1. The van der Waals surface area contributed by atoms with E-state index in [1.54, 1.807) is 12.4 Å². The van der Waals surface area contributed by atoms with Crippen molar-refractivity contribution in [2.75, 3.05) is 49.8 Å². The van der Waals surface area contributed by atoms with Gasteiger partial charge in [0.05, 0.1) is 37.1 Å². The number of thioether (sulfide) groups is 2. The van der Waals surface area contributed by atoms with Gasteiger partial charge in [0.2, 0.25) is 5.91 Å². The molecule has 1 aliphatic rings. The van der Waals surface area contributed by atoms with Gasteiger partial charge in [-0.25, -0.2) is 14.6 Å². The van der Waals surface area contributed by atoms with E-state index in [0.29, 0.717) is 37.2 Å². The minimum Gasteiger partial charge on any atom is -0.378 e. The van der Waals surface area contributed by atoms with Crippen LogP contribution in [0.4, 0.5) is 5.82 Å². The number of aromatic nitrogens is 5. The summed E-state index contributed by atoms with van der Waals surface area (Å²) in [6.07, 6.45) is 7.22. The Hall–Kier alpha value is -2.37. The number of rotatable bonds is 8. The number of anilines is 1. The zero-order valence-corrected chi connectivity index (χ0v) is 18.3. The van der Waals surface area contributed by atoms with Crippen molar-refractivity contribution >= 4 is 46.3 Å². The number of hydrogen-bond acceptors (Lipinski definition) is 9. The third kappa shape index (κ3) is 5.02. The van der Waals surface area contributed by atoms with Gasteiger partial charge in [0.1, 0.15) is 5.82 Å². The van der Waals surface area contributed by atoms with Gasteiger partial charge in [-0.05, 0) is 18.4 Å². The van der Waals surface area contributed by atoms with E-state index in [-0.39, 0.29) is 5.91 Å². The third-order valence-electron chi connectivity index (χ3n) is 4.61. The van der Waals surface area contributed by atoms with Gasteiger partial charge in [0.25, 0.3) is 0 Å². The summed E-state index contributed by atoms with van der Waals surface area (Å²) in [6, 6.07) is 3.78. The van der Waals surface area contributed by atoms with Crippen LogP contribution >= 0.6 is 23.5 Å². The van der Waals surface area contributed by atoms with E-state index in [1.807, 2.05) is 29.3 Å². The molecule has 1 N–H and O–H groups in total. The van der Waals surface area contributed by atoms with Gasteiger partial charge in [-0.2, -0.15) is 5.10 Å². The minimum atomic E-state index is -0.0123. The highest BCUT2D eigenvalue weighted by Crippen LogP contribution is 2.27. The molecule has 0 atom stereocenters. The quantitative estimate of drug-likeness (QED) is 0.410. The molecular weight excluding hydrogens is 422 g/mol. The normalized spacial score (nSPS) is 14.2. The number of morpholine rings is 1. The number of carbonyl (C=O) groups is 1. The van der Waals surface area contributed by atoms with Crippen molar-refractivity contribution in [3.05, 3.63) is 30.7 Å². The van der Waals surface area contributed by atoms with Gasteiger partial charge < -0.3 is 15.0 Å². The first kappa shape index (κ1) is 20.9. The predicted molar refractivity (Wildman–Crippen MR) is 118 cm³/mol. The van der Waals surface area contributed by atoms with Crippen molar-refractivity contribution in [1.29, 1.82) is 0 Å². The zero-order chi connectivity index (χ0) is 20.8. The number of ether oxygens (including phenoxy) is 1. The van der Waals surface area contributed by atoms with Crippen molar-refractivity contribution in [3.63, 3.8) is 0 Å². The number of fused-ring (bicyclic) bond motifs is 1. The molecule has 9 nitrogen and oxygen atoms in total. The average molecular weight is 446 g/mol. The molecule has 0 radical (unpaired) electrons. The number of carbonyl (C=O) groups excluding carboxylic acids is 1. The van der Waals surface area contributed by atoms with Gasteiger partial charge in [0, 0.05) is 36.9 Å². The van der Waals surface area contributed by atoms with Gasteiger partial charge in [-0.3, -0.25) is 9.78 Å². The Bertz CT molecular complexity index is 993. The van der Waals surface area contributed by atoms with Gasteiger partial charge in [0.15, 0.2) is 10.8 Å². The van der Waals surface area contributed by atoms with Crippen LogP contribution in [0.3, 0.4) is 0 Å². The molecule has 0 saturated carbocycles. The molecule has 0 spiro atoms. The lowest BCUT2D eigenvalue weighted by atomic mass is 10.3. The topological polar surface area (TPSA) is 98.1 Å². The second-order valence-electron chi connectivity index (χ2n) is 6.56. The summed E-state index contributed by atoms with van der Waals surface area (Å²) in [5, 5.41) is 9.09. The van der Waals surface area contributed by atoms with E-state index >= 15 is 0 Å². The van der Waals surface area contributed by atoms with Crippen LogP contribution in [-0.4, -0.2) is 75.5 Å². The zero-order valence-electron chi connectivity index (χ0n) is 16.7. The Morgan fingerprint density at radius 1 is 1.23 bits per heavy atom. The van der Waals surface area contributed by atoms with Crippen LogP contribution in [0.2, 0.25) is 0 Å². The minimum absolute atomic E-state index is 0.0123. The van der Waals surface area contributed by atoms with E-state index in [9.17, 15) is 4.79 Å². The number of nitrogens with zero attached hydrogens (tertiary/aromatic N) is 6. The van der Waals surface area contributed by atoms with Crippen LogP contribution in [0.5, 0.6) is 0 Å². The van der Waals surface area contributed by atoms with Crippen LogP contribution in [0, 0.1) is 0 Å². The molecule has 11 heteroatoms. The van der Waals surface area contributed by atoms with Crippen molar-refractivity contribution < 1.29 is 9.53 Å². The summed E-state index contributed by atoms with van der Waals surface area (Å²) in [6.45, 7) is 4.02. The summed E-state index contributed by atoms with van der Waals surface area (Å²) in [5.74, 6) is 1.25. The largest absolute Gasteiger partial charge is 0.378 e. The van der Waals surface area contributed by atoms with E-state index in [0.717, 1.165) is 34.8 Å². The molecule has 158 valence electrons. The maximum absolute atomic E-state index is 12.1. The standard InChI is InChI=1S/C19H23N7O2S2/c1-29-19-23-17(25-8-10-28-11-9-25)15-12-22-26(18(15)24-19)7-6-21-16(27)13-30-14-2-4-20-5-3-14/h2-5,12H,6-11,13H2,1H3,(H,21,27). The lowest BCUT2D eigenvalue weighted by molar-refractivity contribution is -0.118. The number of amides is 1. The molecule has 0 aromatic carbocycles. The Kier molecular flexibility index (Phi) is 7.03. The monoisotopic (exact) mass is 445 g/mol. The van der Waals surface area contributed by atoms with Crippen molar-refractivity contribution in [3.8, 4) is 0 Å². The molecule has 1 amide bonds. The highest BCUT2D eigenvalue weighted by atomic mass is 32.2. The fourth-order valence-corrected chi connectivity index (χ4v) is 4.20. The maximum atomic E-state index is 12.1. The highest BCUT2D eigenvalue weighted by molar-refractivity contribution is 8.00. The summed E-state index contributed by atoms with van der Waals surface area (Å²) >= 11 is 3.00. The molecule has 4 heterocycles. The van der Waals surface area contributed by atoms with Crippen LogP contribution < -0.4 is 10.2 Å². The van der Waals surface area contributed by atoms with E-state index in [2.05, 4.69) is 25.3 Å². The molecular formula is C19H23N7O2S2. The Morgan fingerprint density at radius 2 is 2.03 bits per heavy atom. The molecule has 3 aromatic heterocycles. The first-order valence-electron chi connectivity index (χ1n) is 9.64. The molecule has 1 aliphatic heterocycles. The fourth-order valence-electron chi connectivity index (χ4n) is 3.13. The summed E-state index contributed by atoms with van der Waals surface area (Å²) in [7, 11) is 0. The van der Waals surface area contributed by atoms with Crippen molar-refractivity contribution in [2.24, 2.45) is 0 Å². The first-order chi connectivity index (χ1) is 14.7. The Labute approximate surface area is 183 Å². The summed E-state index contributed by atoms with van der Waals surface area (Å²) < 4.78 is 7.29. The predicted octanol–water partition coefficient (Wildman–Crippen LogP) is 1.69. The number of pyridine rings is 1. The average Bonchev–Trinajstić information content (AvgIpc) is 3.21. The smallest absolute Gasteiger partial charge is 0.230 e. The highest BCUT2D eigenvalue weighted by Gasteiger charge is 2.20. The molecule has 0 bridgehead atoms. The van der Waals surface area contributed by atoms with Crippen LogP contribution in [0.25, 0.3) is 11.0 Å². The van der Waals surface area contributed by atoms with Crippen LogP contribution in [0.1, 0.15) is 0 Å². The second kappa shape index (κ2) is 10.1. The molecule has 30 heavy (non-hydrogen) atoms. The van der Waals surface area contributed by atoms with Crippen LogP contribution in [0.15, 0.2) is 40.8 Å². The third-order valence-corrected chi connectivity index (χ3v) is 6.17. The second-order valence-corrected chi connectivity index (χ2v) is 8.38. The lowest BCUT2D eigenvalue weighted by Crippen LogP contribution is -2.37. The van der Waals surface area contributed by atoms with E-state index in [1.165, 1.54) is 23.5 Å². The number of hydrogen-bond donors (Lipinski definition) is 1. The molecule has 0 aliphatic carbocycles. The maximum Gasteiger partial charge on any atom is 0.230 e. The van der Waals surface area contributed by atoms with Crippen molar-refractivity contribution in [1.82, 2.24) is 30.0 Å². The molecule has 3 aromatic rings. The lowest BCUT2D eigenvalue weighted by Gasteiger charge is -2.28. The molecule has 1 saturated heterocycles. The summed E-state index contributed by atoms with van der Waals surface area (Å²) in [5.41, 5.74) is 0.788. The van der Waals surface area contributed by atoms with E-state index in [4.69, 9.17) is 9.72 Å². The van der Waals surface area contributed by atoms with Crippen molar-refractivity contribution in [2.45, 2.75) is 16.6 Å². The van der Waals surface area contributed by atoms with Crippen LogP contribution in [-0.2, 0) is 16.1 Å². The molecule has 4 rings (SSSR count).